The lowest BCUT2D eigenvalue weighted by Gasteiger charge is -1.73. The summed E-state index contributed by atoms with van der Waals surface area (Å²) in [5.41, 5.74) is 0. The van der Waals surface area contributed by atoms with Crippen LogP contribution in [0.25, 0.3) is 0 Å². The van der Waals surface area contributed by atoms with Gasteiger partial charge in [0.25, 0.3) is 0 Å². The van der Waals surface area contributed by atoms with Gasteiger partial charge in [0.2, 0.25) is 0 Å². The Bertz CT molecular complexity index is 16.5. The number of hydrogen-bond donors (Lipinski definition) is 0. The van der Waals surface area contributed by atoms with Crippen LogP contribution in [-0.2, 0) is 14.5 Å². The predicted molar refractivity (Wildman–Crippen MR) is 13.0 cm³/mol. The van der Waals surface area contributed by atoms with Gasteiger partial charge in [-0.1, -0.05) is 0 Å². The molecule has 3 heteroatoms. The Balaban J connectivity index is 2.08. The minimum absolute atomic E-state index is 0.278. The highest BCUT2D eigenvalue weighted by atomic mass is 17.3. The normalized spacial score (nSPS) is 24.0. The standard InChI is InChI=1S/C2H4O3/c1-3-2-5-4-1/h1-2H2. The molecule has 1 fully saturated rings. The molecule has 5 heavy (non-hydrogen) atoms. The molecule has 0 amide bonds. The lowest BCUT2D eigenvalue weighted by molar-refractivity contribution is -0.248. The van der Waals surface area contributed by atoms with E-state index in [1.54, 1.807) is 0 Å². The topological polar surface area (TPSA) is 27.7 Å². The lowest BCUT2D eigenvalue weighted by Crippen LogP contribution is -1.76. The molecule has 3 nitrogen and oxygen atoms in total. The van der Waals surface area contributed by atoms with E-state index in [1.807, 2.05) is 0 Å². The summed E-state index contributed by atoms with van der Waals surface area (Å²) in [7, 11) is 0. The molecule has 0 aromatic carbocycles. The summed E-state index contributed by atoms with van der Waals surface area (Å²) in [6, 6.07) is 0. The maximum absolute atomic E-state index is 4.50. The number of hydrogen-bond acceptors (Lipinski definition) is 3. The van der Waals surface area contributed by atoms with Crippen LogP contribution in [0.15, 0.2) is 0 Å². The number of ether oxygens (including phenoxy) is 1. The van der Waals surface area contributed by atoms with E-state index in [1.165, 1.54) is 0 Å². The van der Waals surface area contributed by atoms with Gasteiger partial charge in [-0.3, -0.25) is 0 Å². The molecule has 1 aliphatic heterocycles. The van der Waals surface area contributed by atoms with E-state index in [-0.39, 0.29) is 13.6 Å². The maximum Gasteiger partial charge on any atom is 0.183 e. The van der Waals surface area contributed by atoms with Crippen molar-refractivity contribution in [3.05, 3.63) is 0 Å². The average molecular weight is 76.1 g/mol. The zero-order valence-electron chi connectivity index (χ0n) is 2.64. The van der Waals surface area contributed by atoms with Gasteiger partial charge in [0.05, 0.1) is 0 Å². The molecular weight excluding hydrogens is 72.0 g/mol. The third kappa shape index (κ3) is 0.576. The summed E-state index contributed by atoms with van der Waals surface area (Å²) >= 11 is 0. The Labute approximate surface area is 29.4 Å². The zero-order chi connectivity index (χ0) is 3.54. The minimum Gasteiger partial charge on any atom is -0.323 e. The van der Waals surface area contributed by atoms with Crippen molar-refractivity contribution < 1.29 is 14.5 Å². The Morgan fingerprint density at radius 1 is 1.00 bits per heavy atom. The van der Waals surface area contributed by atoms with Gasteiger partial charge in [-0.15, -0.1) is 0 Å². The van der Waals surface area contributed by atoms with Gasteiger partial charge in [-0.25, -0.2) is 9.78 Å². The molecule has 0 aliphatic carbocycles. The highest BCUT2D eigenvalue weighted by Crippen LogP contribution is 1.88. The van der Waals surface area contributed by atoms with E-state index >= 15 is 0 Å². The summed E-state index contributed by atoms with van der Waals surface area (Å²) in [6.45, 7) is 0.556. The lowest BCUT2D eigenvalue weighted by atomic mass is 11.4. The van der Waals surface area contributed by atoms with Crippen molar-refractivity contribution in [1.82, 2.24) is 0 Å². The Morgan fingerprint density at radius 2 is 1.60 bits per heavy atom. The Morgan fingerprint density at radius 3 is 1.80 bits per heavy atom. The first-order chi connectivity index (χ1) is 2.50. The van der Waals surface area contributed by atoms with Crippen molar-refractivity contribution in [1.29, 1.82) is 0 Å². The molecule has 0 unspecified atom stereocenters. The third-order valence-corrected chi connectivity index (χ3v) is 0.346. The SMILES string of the molecule is C1OCOO1. The van der Waals surface area contributed by atoms with Crippen molar-refractivity contribution >= 4 is 0 Å². The fourth-order valence-electron chi connectivity index (χ4n) is 0.170. The van der Waals surface area contributed by atoms with Crippen LogP contribution in [0.1, 0.15) is 0 Å². The molecule has 1 saturated heterocycles. The van der Waals surface area contributed by atoms with E-state index in [0.29, 0.717) is 0 Å². The van der Waals surface area contributed by atoms with Gasteiger partial charge in [-0.2, -0.15) is 0 Å². The minimum atomic E-state index is 0.278. The smallest absolute Gasteiger partial charge is 0.183 e. The second kappa shape index (κ2) is 1.35. The van der Waals surface area contributed by atoms with Gasteiger partial charge in [0, 0.05) is 0 Å². The fourth-order valence-corrected chi connectivity index (χ4v) is 0.170. The van der Waals surface area contributed by atoms with E-state index in [2.05, 4.69) is 14.5 Å². The molecule has 0 N–H and O–H groups in total. The predicted octanol–water partition coefficient (Wildman–Crippen LogP) is -0.120. The van der Waals surface area contributed by atoms with Gasteiger partial charge in [-0.05, 0) is 0 Å². The molecule has 0 aromatic heterocycles. The summed E-state index contributed by atoms with van der Waals surface area (Å²) in [6.07, 6.45) is 0. The molecule has 0 atom stereocenters. The molecule has 0 aromatic rings. The first kappa shape index (κ1) is 3.08. The van der Waals surface area contributed by atoms with E-state index in [9.17, 15) is 0 Å². The molecule has 1 aliphatic rings. The van der Waals surface area contributed by atoms with Crippen LogP contribution in [0.4, 0.5) is 0 Å². The van der Waals surface area contributed by atoms with E-state index in [4.69, 9.17) is 0 Å². The molecule has 0 saturated carbocycles. The van der Waals surface area contributed by atoms with Crippen molar-refractivity contribution in [3.63, 3.8) is 0 Å². The average Bonchev–Trinajstić information content (AvgIpc) is 1.76. The monoisotopic (exact) mass is 76.0 g/mol. The van der Waals surface area contributed by atoms with Crippen LogP contribution in [0.5, 0.6) is 0 Å². The van der Waals surface area contributed by atoms with Crippen LogP contribution < -0.4 is 0 Å². The molecule has 30 valence electrons. The molecule has 0 radical (unpaired) electrons. The highest BCUT2D eigenvalue weighted by Gasteiger charge is 1.94. The highest BCUT2D eigenvalue weighted by molar-refractivity contribution is 3.98. The van der Waals surface area contributed by atoms with Crippen LogP contribution >= 0.6 is 0 Å². The molecule has 1 rings (SSSR count). The van der Waals surface area contributed by atoms with Crippen molar-refractivity contribution in [2.75, 3.05) is 13.6 Å². The largest absolute Gasteiger partial charge is 0.323 e. The second-order valence-electron chi connectivity index (χ2n) is 0.676. The van der Waals surface area contributed by atoms with Gasteiger partial charge in [0.15, 0.2) is 13.6 Å². The quantitative estimate of drug-likeness (QED) is 0.376. The van der Waals surface area contributed by atoms with E-state index < -0.39 is 0 Å². The maximum atomic E-state index is 4.50. The van der Waals surface area contributed by atoms with Crippen LogP contribution in [0, 0.1) is 0 Å². The van der Waals surface area contributed by atoms with Gasteiger partial charge in [0.1, 0.15) is 0 Å². The first-order valence-electron chi connectivity index (χ1n) is 1.32. The van der Waals surface area contributed by atoms with Crippen LogP contribution in [0.2, 0.25) is 0 Å². The van der Waals surface area contributed by atoms with Crippen LogP contribution in [-0.4, -0.2) is 13.6 Å². The Hall–Kier alpha value is -0.120. The molecule has 1 heterocycles. The van der Waals surface area contributed by atoms with Gasteiger partial charge < -0.3 is 4.74 Å². The van der Waals surface area contributed by atoms with Crippen LogP contribution in [0.3, 0.4) is 0 Å². The molecule has 0 bridgehead atoms. The van der Waals surface area contributed by atoms with Crippen molar-refractivity contribution in [2.24, 2.45) is 0 Å². The van der Waals surface area contributed by atoms with E-state index in [0.717, 1.165) is 0 Å². The fraction of sp³-hybridized carbons (Fsp3) is 1.00. The molecular formula is C2H4O3. The van der Waals surface area contributed by atoms with Crippen molar-refractivity contribution in [2.45, 2.75) is 0 Å². The number of rotatable bonds is 0. The summed E-state index contributed by atoms with van der Waals surface area (Å²) in [4.78, 5) is 8.44. The van der Waals surface area contributed by atoms with Crippen molar-refractivity contribution in [3.8, 4) is 0 Å². The van der Waals surface area contributed by atoms with Gasteiger partial charge >= 0.3 is 0 Å². The second-order valence-corrected chi connectivity index (χ2v) is 0.676. The summed E-state index contributed by atoms with van der Waals surface area (Å²) in [5, 5.41) is 0. The molecule has 0 spiro atoms. The Kier molecular flexibility index (Phi) is 0.834. The first-order valence-corrected chi connectivity index (χ1v) is 1.32. The zero-order valence-corrected chi connectivity index (χ0v) is 2.64. The summed E-state index contributed by atoms with van der Waals surface area (Å²) in [5.74, 6) is 0. The summed E-state index contributed by atoms with van der Waals surface area (Å²) < 4.78 is 4.50. The third-order valence-electron chi connectivity index (χ3n) is 0.346.